The molecular formula is C19H21ClN2O3. The zero-order chi connectivity index (χ0) is 18.1. The van der Waals surface area contributed by atoms with Gasteiger partial charge in [0.25, 0.3) is 0 Å². The zero-order valence-electron chi connectivity index (χ0n) is 14.0. The molecular weight excluding hydrogens is 340 g/mol. The molecule has 0 aliphatic heterocycles. The molecule has 0 aliphatic carbocycles. The van der Waals surface area contributed by atoms with Gasteiger partial charge in [0, 0.05) is 11.6 Å². The third-order valence-corrected chi connectivity index (χ3v) is 3.70. The van der Waals surface area contributed by atoms with Crippen LogP contribution >= 0.6 is 11.6 Å². The highest BCUT2D eigenvalue weighted by Crippen LogP contribution is 2.16. The first-order valence-corrected chi connectivity index (χ1v) is 8.53. The van der Waals surface area contributed by atoms with E-state index >= 15 is 0 Å². The summed E-state index contributed by atoms with van der Waals surface area (Å²) in [6.45, 7) is 2.72. The highest BCUT2D eigenvalue weighted by atomic mass is 35.5. The zero-order valence-corrected chi connectivity index (χ0v) is 14.8. The summed E-state index contributed by atoms with van der Waals surface area (Å²) in [5.41, 5.74) is 1.62. The fourth-order valence-corrected chi connectivity index (χ4v) is 2.37. The largest absolute Gasteiger partial charge is 0.462 e. The fourth-order valence-electron chi connectivity index (χ4n) is 2.15. The van der Waals surface area contributed by atoms with Crippen LogP contribution in [0.2, 0.25) is 5.02 Å². The molecule has 2 N–H and O–H groups in total. The lowest BCUT2D eigenvalue weighted by Gasteiger charge is -2.12. The number of benzene rings is 2. The highest BCUT2D eigenvalue weighted by Gasteiger charge is 2.14. The van der Waals surface area contributed by atoms with Crippen molar-refractivity contribution in [2.24, 2.45) is 0 Å². The average molecular weight is 361 g/mol. The second-order valence-electron chi connectivity index (χ2n) is 5.47. The molecule has 2 aromatic carbocycles. The Balaban J connectivity index is 1.95. The third kappa shape index (κ3) is 6.12. The SMILES string of the molecule is CCCCOC(=O)c1ccccc1NC(=O)NCc1cccc(Cl)c1. The van der Waals surface area contributed by atoms with Crippen LogP contribution in [0.5, 0.6) is 0 Å². The number of rotatable bonds is 7. The number of ether oxygens (including phenoxy) is 1. The van der Waals surface area contributed by atoms with E-state index in [0.717, 1.165) is 18.4 Å². The van der Waals surface area contributed by atoms with Crippen LogP contribution in [-0.2, 0) is 11.3 Å². The van der Waals surface area contributed by atoms with Crippen LogP contribution in [0.3, 0.4) is 0 Å². The maximum Gasteiger partial charge on any atom is 0.340 e. The first-order chi connectivity index (χ1) is 12.1. The molecule has 0 spiro atoms. The Kier molecular flexibility index (Phi) is 7.29. The van der Waals surface area contributed by atoms with Gasteiger partial charge in [-0.1, -0.05) is 49.2 Å². The number of hydrogen-bond acceptors (Lipinski definition) is 3. The van der Waals surface area contributed by atoms with Crippen molar-refractivity contribution in [3.05, 3.63) is 64.7 Å². The molecule has 0 fully saturated rings. The number of hydrogen-bond donors (Lipinski definition) is 2. The van der Waals surface area contributed by atoms with Crippen molar-refractivity contribution in [2.75, 3.05) is 11.9 Å². The normalized spacial score (nSPS) is 10.2. The Morgan fingerprint density at radius 3 is 2.68 bits per heavy atom. The minimum Gasteiger partial charge on any atom is -0.462 e. The summed E-state index contributed by atoms with van der Waals surface area (Å²) in [6.07, 6.45) is 1.75. The lowest BCUT2D eigenvalue weighted by Crippen LogP contribution is -2.29. The Hall–Kier alpha value is -2.53. The van der Waals surface area contributed by atoms with E-state index in [-0.39, 0.29) is 0 Å². The van der Waals surface area contributed by atoms with Crippen LogP contribution in [0.1, 0.15) is 35.7 Å². The number of nitrogens with one attached hydrogen (secondary N) is 2. The van der Waals surface area contributed by atoms with Gasteiger partial charge in [-0.05, 0) is 36.2 Å². The molecule has 0 atom stereocenters. The molecule has 2 rings (SSSR count). The summed E-state index contributed by atoms with van der Waals surface area (Å²) in [5.74, 6) is -0.445. The first-order valence-electron chi connectivity index (χ1n) is 8.15. The Morgan fingerprint density at radius 2 is 1.92 bits per heavy atom. The second kappa shape index (κ2) is 9.69. The summed E-state index contributed by atoms with van der Waals surface area (Å²) in [7, 11) is 0. The molecule has 5 nitrogen and oxygen atoms in total. The van der Waals surface area contributed by atoms with Crippen LogP contribution < -0.4 is 10.6 Å². The van der Waals surface area contributed by atoms with Gasteiger partial charge < -0.3 is 15.4 Å². The van der Waals surface area contributed by atoms with E-state index in [1.54, 1.807) is 36.4 Å². The average Bonchev–Trinajstić information content (AvgIpc) is 2.61. The second-order valence-corrected chi connectivity index (χ2v) is 5.91. The highest BCUT2D eigenvalue weighted by molar-refractivity contribution is 6.30. The van der Waals surface area contributed by atoms with Gasteiger partial charge in [-0.3, -0.25) is 0 Å². The molecule has 25 heavy (non-hydrogen) atoms. The molecule has 0 radical (unpaired) electrons. The monoisotopic (exact) mass is 360 g/mol. The minimum atomic E-state index is -0.445. The van der Waals surface area contributed by atoms with E-state index in [9.17, 15) is 9.59 Å². The van der Waals surface area contributed by atoms with Crippen molar-refractivity contribution in [1.82, 2.24) is 5.32 Å². The number of unbranched alkanes of at least 4 members (excludes halogenated alkanes) is 1. The van der Waals surface area contributed by atoms with E-state index in [1.165, 1.54) is 0 Å². The summed E-state index contributed by atoms with van der Waals surface area (Å²) in [6, 6.07) is 13.6. The van der Waals surface area contributed by atoms with E-state index in [2.05, 4.69) is 10.6 Å². The van der Waals surface area contributed by atoms with Crippen molar-refractivity contribution in [3.63, 3.8) is 0 Å². The van der Waals surface area contributed by atoms with Crippen molar-refractivity contribution in [1.29, 1.82) is 0 Å². The van der Waals surface area contributed by atoms with Crippen LogP contribution in [0.4, 0.5) is 10.5 Å². The van der Waals surface area contributed by atoms with Crippen LogP contribution in [0, 0.1) is 0 Å². The number of esters is 1. The minimum absolute atomic E-state index is 0.329. The van der Waals surface area contributed by atoms with Gasteiger partial charge in [-0.15, -0.1) is 0 Å². The Labute approximate surface area is 152 Å². The lowest BCUT2D eigenvalue weighted by molar-refractivity contribution is 0.0501. The number of carbonyl (C=O) groups excluding carboxylic acids is 2. The molecule has 2 aromatic rings. The first kappa shape index (κ1) is 18.8. The number of para-hydroxylation sites is 1. The van der Waals surface area contributed by atoms with E-state index < -0.39 is 12.0 Å². The van der Waals surface area contributed by atoms with Gasteiger partial charge >= 0.3 is 12.0 Å². The molecule has 0 heterocycles. The summed E-state index contributed by atoms with van der Waals surface area (Å²) < 4.78 is 5.21. The predicted molar refractivity (Wildman–Crippen MR) is 98.9 cm³/mol. The van der Waals surface area contributed by atoms with E-state index in [0.29, 0.717) is 29.4 Å². The Morgan fingerprint density at radius 1 is 1.12 bits per heavy atom. The summed E-state index contributed by atoms with van der Waals surface area (Å²) in [5, 5.41) is 6.03. The molecule has 2 amide bonds. The molecule has 0 unspecified atom stereocenters. The van der Waals surface area contributed by atoms with E-state index in [4.69, 9.17) is 16.3 Å². The molecule has 132 valence electrons. The molecule has 0 bridgehead atoms. The van der Waals surface area contributed by atoms with Crippen LogP contribution in [0.15, 0.2) is 48.5 Å². The number of carbonyl (C=O) groups is 2. The van der Waals surface area contributed by atoms with Gasteiger partial charge in [-0.25, -0.2) is 9.59 Å². The van der Waals surface area contributed by atoms with E-state index in [1.807, 2.05) is 19.1 Å². The van der Waals surface area contributed by atoms with Gasteiger partial charge in [0.2, 0.25) is 0 Å². The Bertz CT molecular complexity index is 734. The summed E-state index contributed by atoms with van der Waals surface area (Å²) >= 11 is 5.92. The van der Waals surface area contributed by atoms with Crippen molar-refractivity contribution < 1.29 is 14.3 Å². The van der Waals surface area contributed by atoms with Crippen LogP contribution in [0.25, 0.3) is 0 Å². The fraction of sp³-hybridized carbons (Fsp3) is 0.263. The predicted octanol–water partition coefficient (Wildman–Crippen LogP) is 4.62. The van der Waals surface area contributed by atoms with Crippen molar-refractivity contribution in [2.45, 2.75) is 26.3 Å². The van der Waals surface area contributed by atoms with Gasteiger partial charge in [0.15, 0.2) is 0 Å². The van der Waals surface area contributed by atoms with Crippen molar-refractivity contribution in [3.8, 4) is 0 Å². The molecule has 0 aliphatic rings. The number of amides is 2. The number of halogens is 1. The topological polar surface area (TPSA) is 67.4 Å². The lowest BCUT2D eigenvalue weighted by atomic mass is 10.2. The third-order valence-electron chi connectivity index (χ3n) is 3.47. The quantitative estimate of drug-likeness (QED) is 0.559. The number of urea groups is 1. The maximum absolute atomic E-state index is 12.1. The summed E-state index contributed by atoms with van der Waals surface area (Å²) in [4.78, 5) is 24.2. The van der Waals surface area contributed by atoms with Crippen LogP contribution in [-0.4, -0.2) is 18.6 Å². The van der Waals surface area contributed by atoms with Gasteiger partial charge in [-0.2, -0.15) is 0 Å². The molecule has 6 heteroatoms. The molecule has 0 saturated carbocycles. The molecule has 0 saturated heterocycles. The van der Waals surface area contributed by atoms with Gasteiger partial charge in [0.1, 0.15) is 0 Å². The van der Waals surface area contributed by atoms with Crippen molar-refractivity contribution >= 4 is 29.3 Å². The standard InChI is InChI=1S/C19H21ClN2O3/c1-2-3-11-25-18(23)16-9-4-5-10-17(16)22-19(24)21-13-14-7-6-8-15(20)12-14/h4-10,12H,2-3,11,13H2,1H3,(H2,21,22,24). The maximum atomic E-state index is 12.1. The van der Waals surface area contributed by atoms with Gasteiger partial charge in [0.05, 0.1) is 17.9 Å². The smallest absolute Gasteiger partial charge is 0.340 e. The molecule has 0 aromatic heterocycles. The number of anilines is 1.